The molecule has 1 aliphatic rings. The van der Waals surface area contributed by atoms with Gasteiger partial charge in [-0.3, -0.25) is 15.0 Å². The van der Waals surface area contributed by atoms with Crippen LogP contribution in [0, 0.1) is 16.0 Å². The minimum atomic E-state index is -0.524. The Morgan fingerprint density at radius 2 is 1.96 bits per heavy atom. The van der Waals surface area contributed by atoms with Crippen molar-refractivity contribution in [1.29, 1.82) is 0 Å². The molecule has 0 aromatic heterocycles. The molecule has 1 aliphatic heterocycles. The summed E-state index contributed by atoms with van der Waals surface area (Å²) in [6.45, 7) is 8.05. The topological polar surface area (TPSA) is 78.6 Å². The SMILES string of the molecule is CCC(C)[C@@H](c1ccc(O)c([N+](=O)[O-])c1)N1CCNCC1.Cl.Cl. The Morgan fingerprint density at radius 1 is 1.35 bits per heavy atom. The van der Waals surface area contributed by atoms with Gasteiger partial charge in [-0.2, -0.15) is 0 Å². The Morgan fingerprint density at radius 3 is 2.48 bits per heavy atom. The summed E-state index contributed by atoms with van der Waals surface area (Å²) in [5.74, 6) is 0.124. The number of hydrogen-bond donors (Lipinski definition) is 2. The minimum absolute atomic E-state index is 0. The van der Waals surface area contributed by atoms with E-state index in [4.69, 9.17) is 0 Å². The van der Waals surface area contributed by atoms with Gasteiger partial charge in [0.25, 0.3) is 0 Å². The lowest BCUT2D eigenvalue weighted by Crippen LogP contribution is -2.46. The number of rotatable bonds is 5. The molecular weight excluding hydrogens is 341 g/mol. The predicted molar refractivity (Wildman–Crippen MR) is 95.9 cm³/mol. The van der Waals surface area contributed by atoms with E-state index in [0.717, 1.165) is 38.2 Å². The van der Waals surface area contributed by atoms with Crippen LogP contribution in [0.4, 0.5) is 5.69 Å². The van der Waals surface area contributed by atoms with E-state index in [0.29, 0.717) is 5.92 Å². The van der Waals surface area contributed by atoms with Crippen LogP contribution in [0.25, 0.3) is 0 Å². The van der Waals surface area contributed by atoms with Crippen LogP contribution in [-0.4, -0.2) is 41.1 Å². The van der Waals surface area contributed by atoms with E-state index in [2.05, 4.69) is 24.1 Å². The molecule has 1 aromatic rings. The molecule has 0 spiro atoms. The van der Waals surface area contributed by atoms with Gasteiger partial charge in [-0.15, -0.1) is 24.8 Å². The maximum absolute atomic E-state index is 11.0. The Bertz CT molecular complexity index is 511. The molecule has 6 nitrogen and oxygen atoms in total. The van der Waals surface area contributed by atoms with E-state index >= 15 is 0 Å². The van der Waals surface area contributed by atoms with E-state index in [9.17, 15) is 15.2 Å². The molecule has 2 rings (SSSR count). The normalized spacial score (nSPS) is 17.5. The van der Waals surface area contributed by atoms with Gasteiger partial charge in [0.1, 0.15) is 0 Å². The Kier molecular flexibility index (Phi) is 9.46. The third-order valence-electron chi connectivity index (χ3n) is 4.27. The monoisotopic (exact) mass is 365 g/mol. The van der Waals surface area contributed by atoms with E-state index in [1.54, 1.807) is 6.07 Å². The minimum Gasteiger partial charge on any atom is -0.502 e. The van der Waals surface area contributed by atoms with Crippen LogP contribution in [0.1, 0.15) is 31.9 Å². The van der Waals surface area contributed by atoms with Gasteiger partial charge in [0.05, 0.1) is 4.92 Å². The van der Waals surface area contributed by atoms with Crippen molar-refractivity contribution in [2.24, 2.45) is 5.92 Å². The average molecular weight is 366 g/mol. The van der Waals surface area contributed by atoms with E-state index in [1.807, 2.05) is 0 Å². The molecule has 2 N–H and O–H groups in total. The van der Waals surface area contributed by atoms with Crippen LogP contribution in [-0.2, 0) is 0 Å². The largest absolute Gasteiger partial charge is 0.502 e. The van der Waals surface area contributed by atoms with Crippen LogP contribution >= 0.6 is 24.8 Å². The van der Waals surface area contributed by atoms with E-state index in [1.165, 1.54) is 12.1 Å². The highest BCUT2D eigenvalue weighted by atomic mass is 35.5. The lowest BCUT2D eigenvalue weighted by molar-refractivity contribution is -0.386. The highest BCUT2D eigenvalue weighted by Gasteiger charge is 2.28. The van der Waals surface area contributed by atoms with Crippen LogP contribution in [0.2, 0.25) is 0 Å². The quantitative estimate of drug-likeness (QED) is 0.618. The van der Waals surface area contributed by atoms with Crippen LogP contribution in [0.3, 0.4) is 0 Å². The summed E-state index contributed by atoms with van der Waals surface area (Å²) >= 11 is 0. The first-order valence-corrected chi connectivity index (χ1v) is 7.46. The molecule has 1 heterocycles. The second kappa shape index (κ2) is 9.93. The van der Waals surface area contributed by atoms with E-state index in [-0.39, 0.29) is 42.3 Å². The highest BCUT2D eigenvalue weighted by molar-refractivity contribution is 5.85. The maximum Gasteiger partial charge on any atom is 0.311 e. The van der Waals surface area contributed by atoms with Gasteiger partial charge in [0.2, 0.25) is 0 Å². The number of nitro groups is 1. The lowest BCUT2D eigenvalue weighted by Gasteiger charge is -2.38. The summed E-state index contributed by atoms with van der Waals surface area (Å²) in [5.41, 5.74) is 0.701. The fourth-order valence-electron chi connectivity index (χ4n) is 2.95. The number of piperazine rings is 1. The third kappa shape index (κ3) is 5.21. The number of halogens is 2. The smallest absolute Gasteiger partial charge is 0.311 e. The van der Waals surface area contributed by atoms with Gasteiger partial charge in [0.15, 0.2) is 5.75 Å². The summed E-state index contributed by atoms with van der Waals surface area (Å²) in [7, 11) is 0. The second-order valence-electron chi connectivity index (χ2n) is 5.62. The molecule has 0 aliphatic carbocycles. The lowest BCUT2D eigenvalue weighted by atomic mass is 9.90. The van der Waals surface area contributed by atoms with Crippen molar-refractivity contribution in [3.63, 3.8) is 0 Å². The molecule has 1 saturated heterocycles. The van der Waals surface area contributed by atoms with E-state index < -0.39 is 4.92 Å². The molecule has 0 radical (unpaired) electrons. The van der Waals surface area contributed by atoms with Crippen molar-refractivity contribution in [2.75, 3.05) is 26.2 Å². The zero-order valence-corrected chi connectivity index (χ0v) is 15.0. The molecule has 1 fully saturated rings. The molecule has 0 saturated carbocycles. The molecule has 1 unspecified atom stereocenters. The predicted octanol–water partition coefficient (Wildman–Crippen LogP) is 3.14. The van der Waals surface area contributed by atoms with Crippen LogP contribution in [0.15, 0.2) is 18.2 Å². The number of phenolic OH excluding ortho intramolecular Hbond substituents is 1. The first-order chi connectivity index (χ1) is 10.0. The second-order valence-corrected chi connectivity index (χ2v) is 5.62. The van der Waals surface area contributed by atoms with Crippen molar-refractivity contribution in [3.8, 4) is 5.75 Å². The fourth-order valence-corrected chi connectivity index (χ4v) is 2.95. The first kappa shape index (κ1) is 21.9. The summed E-state index contributed by atoms with van der Waals surface area (Å²) in [6, 6.07) is 4.91. The number of nitro benzene ring substituents is 1. The van der Waals surface area contributed by atoms with Gasteiger partial charge in [-0.1, -0.05) is 26.3 Å². The first-order valence-electron chi connectivity index (χ1n) is 7.46. The van der Waals surface area contributed by atoms with Gasteiger partial charge < -0.3 is 10.4 Å². The molecule has 2 atom stereocenters. The zero-order chi connectivity index (χ0) is 15.4. The number of hydrogen-bond acceptors (Lipinski definition) is 5. The molecular formula is C15H25Cl2N3O3. The summed E-state index contributed by atoms with van der Waals surface area (Å²) in [4.78, 5) is 12.9. The van der Waals surface area contributed by atoms with Crippen molar-refractivity contribution in [2.45, 2.75) is 26.3 Å². The number of nitrogens with one attached hydrogen (secondary N) is 1. The average Bonchev–Trinajstić information content (AvgIpc) is 2.49. The zero-order valence-electron chi connectivity index (χ0n) is 13.4. The molecule has 23 heavy (non-hydrogen) atoms. The van der Waals surface area contributed by atoms with Crippen molar-refractivity contribution < 1.29 is 10.0 Å². The standard InChI is InChI=1S/C15H23N3O3.2ClH/c1-3-11(2)15(17-8-6-16-7-9-17)12-4-5-14(19)13(10-12)18(20)21;;/h4-5,10-11,15-16,19H,3,6-9H2,1-2H3;2*1H/t11?,15-;;/m0../s1. The summed E-state index contributed by atoms with van der Waals surface area (Å²) in [6.07, 6.45) is 1.00. The number of phenols is 1. The van der Waals surface area contributed by atoms with Crippen molar-refractivity contribution >= 4 is 30.5 Å². The Labute approximate surface area is 149 Å². The molecule has 0 amide bonds. The molecule has 8 heteroatoms. The Balaban J connectivity index is 0.00000242. The van der Waals surface area contributed by atoms with Gasteiger partial charge in [0, 0.05) is 38.3 Å². The summed E-state index contributed by atoms with van der Waals surface area (Å²) < 4.78 is 0. The van der Waals surface area contributed by atoms with Gasteiger partial charge in [-0.05, 0) is 17.5 Å². The molecule has 132 valence electrons. The Hall–Kier alpha value is -1.08. The van der Waals surface area contributed by atoms with Gasteiger partial charge in [-0.25, -0.2) is 0 Å². The van der Waals surface area contributed by atoms with Crippen molar-refractivity contribution in [3.05, 3.63) is 33.9 Å². The maximum atomic E-state index is 11.0. The molecule has 0 bridgehead atoms. The number of benzene rings is 1. The van der Waals surface area contributed by atoms with Crippen LogP contribution in [0.5, 0.6) is 5.75 Å². The summed E-state index contributed by atoms with van der Waals surface area (Å²) in [5, 5.41) is 24.0. The van der Waals surface area contributed by atoms with Crippen molar-refractivity contribution in [1.82, 2.24) is 10.2 Å². The number of aromatic hydroxyl groups is 1. The fraction of sp³-hybridized carbons (Fsp3) is 0.600. The number of nitrogens with zero attached hydrogens (tertiary/aromatic N) is 2. The van der Waals surface area contributed by atoms with Gasteiger partial charge >= 0.3 is 5.69 Å². The molecule has 1 aromatic carbocycles. The van der Waals surface area contributed by atoms with Crippen LogP contribution < -0.4 is 5.32 Å². The highest BCUT2D eigenvalue weighted by Crippen LogP contribution is 2.35. The third-order valence-corrected chi connectivity index (χ3v) is 4.27.